The molecule has 2 heterocycles. The normalized spacial score (nSPS) is 16.2. The summed E-state index contributed by atoms with van der Waals surface area (Å²) >= 11 is 1.61. The molecule has 1 aromatic carbocycles. The standard InChI is InChI=1S/C20H27N3O3S2/c1-17-5-3-6-18(15-17)26-13-4-14-27-20-8-7-19(16-21-20)28(24,25)23-11-9-22(2)10-12-23/h3,5-8,15-16H,4,9-14H2,1-2H3. The van der Waals surface area contributed by atoms with Gasteiger partial charge in [0.15, 0.2) is 0 Å². The van der Waals surface area contributed by atoms with E-state index in [0.29, 0.717) is 19.7 Å². The van der Waals surface area contributed by atoms with Crippen LogP contribution in [0.15, 0.2) is 52.5 Å². The van der Waals surface area contributed by atoms with Crippen LogP contribution in [0.5, 0.6) is 5.75 Å². The number of benzene rings is 1. The average molecular weight is 422 g/mol. The van der Waals surface area contributed by atoms with Crippen LogP contribution in [-0.4, -0.2) is 68.2 Å². The second kappa shape index (κ2) is 9.73. The smallest absolute Gasteiger partial charge is 0.244 e. The minimum atomic E-state index is -3.45. The number of piperazine rings is 1. The summed E-state index contributed by atoms with van der Waals surface area (Å²) in [6, 6.07) is 11.5. The van der Waals surface area contributed by atoms with Crippen molar-refractivity contribution in [2.75, 3.05) is 45.6 Å². The van der Waals surface area contributed by atoms with E-state index < -0.39 is 10.0 Å². The molecule has 0 unspecified atom stereocenters. The lowest BCUT2D eigenvalue weighted by atomic mass is 10.2. The molecule has 0 saturated carbocycles. The molecule has 0 spiro atoms. The molecule has 6 nitrogen and oxygen atoms in total. The van der Waals surface area contributed by atoms with E-state index in [-0.39, 0.29) is 4.90 Å². The van der Waals surface area contributed by atoms with Gasteiger partial charge in [0, 0.05) is 38.1 Å². The number of nitrogens with zero attached hydrogens (tertiary/aromatic N) is 3. The number of ether oxygens (including phenoxy) is 1. The van der Waals surface area contributed by atoms with E-state index in [1.165, 1.54) is 11.8 Å². The highest BCUT2D eigenvalue weighted by Gasteiger charge is 2.27. The Morgan fingerprint density at radius 3 is 2.61 bits per heavy atom. The maximum atomic E-state index is 12.7. The number of rotatable bonds is 8. The number of thioether (sulfide) groups is 1. The minimum absolute atomic E-state index is 0.268. The molecule has 0 aliphatic carbocycles. The van der Waals surface area contributed by atoms with Crippen molar-refractivity contribution >= 4 is 21.8 Å². The van der Waals surface area contributed by atoms with Gasteiger partial charge < -0.3 is 9.64 Å². The van der Waals surface area contributed by atoms with Crippen molar-refractivity contribution in [1.29, 1.82) is 0 Å². The first kappa shape index (κ1) is 21.1. The second-order valence-electron chi connectivity index (χ2n) is 6.91. The number of likely N-dealkylation sites (N-methyl/N-ethyl adjacent to an activating group) is 1. The molecule has 152 valence electrons. The Hall–Kier alpha value is -1.61. The summed E-state index contributed by atoms with van der Waals surface area (Å²) in [4.78, 5) is 6.73. The molecule has 2 aromatic rings. The molecule has 0 bridgehead atoms. The van der Waals surface area contributed by atoms with Gasteiger partial charge in [0.05, 0.1) is 11.6 Å². The molecule has 1 aliphatic rings. The van der Waals surface area contributed by atoms with Crippen molar-refractivity contribution in [1.82, 2.24) is 14.2 Å². The Morgan fingerprint density at radius 1 is 1.14 bits per heavy atom. The monoisotopic (exact) mass is 421 g/mol. The van der Waals surface area contributed by atoms with Gasteiger partial charge in [-0.2, -0.15) is 4.31 Å². The van der Waals surface area contributed by atoms with Gasteiger partial charge in [-0.3, -0.25) is 0 Å². The van der Waals surface area contributed by atoms with E-state index >= 15 is 0 Å². The van der Waals surface area contributed by atoms with Crippen molar-refractivity contribution < 1.29 is 13.2 Å². The lowest BCUT2D eigenvalue weighted by molar-refractivity contribution is 0.222. The van der Waals surface area contributed by atoms with Crippen LogP contribution in [0, 0.1) is 6.92 Å². The zero-order valence-electron chi connectivity index (χ0n) is 16.4. The molecule has 1 aromatic heterocycles. The highest BCUT2D eigenvalue weighted by atomic mass is 32.2. The third kappa shape index (κ3) is 5.70. The topological polar surface area (TPSA) is 62.7 Å². The molecule has 0 N–H and O–H groups in total. The summed E-state index contributed by atoms with van der Waals surface area (Å²) in [5, 5.41) is 0.827. The Kier molecular flexibility index (Phi) is 7.34. The van der Waals surface area contributed by atoms with Gasteiger partial charge in [-0.1, -0.05) is 12.1 Å². The fourth-order valence-corrected chi connectivity index (χ4v) is 5.04. The van der Waals surface area contributed by atoms with E-state index in [4.69, 9.17) is 4.74 Å². The molecular formula is C20H27N3O3S2. The maximum Gasteiger partial charge on any atom is 0.244 e. The number of hydrogen-bond donors (Lipinski definition) is 0. The van der Waals surface area contributed by atoms with Crippen LogP contribution in [-0.2, 0) is 10.0 Å². The third-order valence-corrected chi connectivity index (χ3v) is 7.52. The van der Waals surface area contributed by atoms with Crippen molar-refractivity contribution in [2.24, 2.45) is 0 Å². The van der Waals surface area contributed by atoms with Crippen molar-refractivity contribution in [3.63, 3.8) is 0 Å². The average Bonchev–Trinajstić information content (AvgIpc) is 2.68. The first-order chi connectivity index (χ1) is 13.4. The summed E-state index contributed by atoms with van der Waals surface area (Å²) < 4.78 is 32.7. The lowest BCUT2D eigenvalue weighted by Gasteiger charge is -2.31. The summed E-state index contributed by atoms with van der Waals surface area (Å²) in [7, 11) is -1.45. The van der Waals surface area contributed by atoms with Crippen LogP contribution in [0.2, 0.25) is 0 Å². The number of sulfonamides is 1. The van der Waals surface area contributed by atoms with Gasteiger partial charge in [-0.25, -0.2) is 13.4 Å². The van der Waals surface area contributed by atoms with Crippen molar-refractivity contribution in [3.05, 3.63) is 48.2 Å². The van der Waals surface area contributed by atoms with Crippen LogP contribution < -0.4 is 4.74 Å². The molecule has 1 aliphatic heterocycles. The molecular weight excluding hydrogens is 394 g/mol. The second-order valence-corrected chi connectivity index (χ2v) is 9.96. The van der Waals surface area contributed by atoms with Crippen LogP contribution in [0.1, 0.15) is 12.0 Å². The Labute approximate surface area is 172 Å². The Bertz CT molecular complexity index is 865. The summed E-state index contributed by atoms with van der Waals surface area (Å²) in [5.41, 5.74) is 1.18. The zero-order chi connectivity index (χ0) is 20.0. The van der Waals surface area contributed by atoms with E-state index in [1.54, 1.807) is 28.2 Å². The van der Waals surface area contributed by atoms with Crippen molar-refractivity contribution in [2.45, 2.75) is 23.3 Å². The van der Waals surface area contributed by atoms with E-state index in [0.717, 1.165) is 36.0 Å². The van der Waals surface area contributed by atoms with Gasteiger partial charge in [0.25, 0.3) is 0 Å². The Morgan fingerprint density at radius 2 is 1.93 bits per heavy atom. The predicted octanol–water partition coefficient (Wildman–Crippen LogP) is 2.89. The van der Waals surface area contributed by atoms with Gasteiger partial charge in [0.2, 0.25) is 10.0 Å². The number of aromatic nitrogens is 1. The van der Waals surface area contributed by atoms with Gasteiger partial charge >= 0.3 is 0 Å². The van der Waals surface area contributed by atoms with Crippen LogP contribution >= 0.6 is 11.8 Å². The number of pyridine rings is 1. The minimum Gasteiger partial charge on any atom is -0.494 e. The molecule has 1 saturated heterocycles. The fourth-order valence-electron chi connectivity index (χ4n) is 2.91. The molecule has 0 radical (unpaired) electrons. The fraction of sp³-hybridized carbons (Fsp3) is 0.450. The molecule has 0 amide bonds. The quantitative estimate of drug-likeness (QED) is 0.482. The van der Waals surface area contributed by atoms with Crippen LogP contribution in [0.25, 0.3) is 0 Å². The molecule has 8 heteroatoms. The zero-order valence-corrected chi connectivity index (χ0v) is 18.0. The van der Waals surface area contributed by atoms with E-state index in [9.17, 15) is 8.42 Å². The largest absolute Gasteiger partial charge is 0.494 e. The van der Waals surface area contributed by atoms with Gasteiger partial charge in [-0.05, 0) is 50.2 Å². The molecule has 1 fully saturated rings. The van der Waals surface area contributed by atoms with Crippen molar-refractivity contribution in [3.8, 4) is 5.75 Å². The highest BCUT2D eigenvalue weighted by Crippen LogP contribution is 2.21. The number of aryl methyl sites for hydroxylation is 1. The van der Waals surface area contributed by atoms with Gasteiger partial charge in [0.1, 0.15) is 10.6 Å². The third-order valence-electron chi connectivity index (χ3n) is 4.61. The van der Waals surface area contributed by atoms with E-state index in [2.05, 4.69) is 9.88 Å². The summed E-state index contributed by atoms with van der Waals surface area (Å²) in [6.07, 6.45) is 2.36. The van der Waals surface area contributed by atoms with Crippen LogP contribution in [0.4, 0.5) is 0 Å². The Balaban J connectivity index is 1.45. The summed E-state index contributed by atoms with van der Waals surface area (Å²) in [5.74, 6) is 1.75. The number of hydrogen-bond acceptors (Lipinski definition) is 6. The first-order valence-electron chi connectivity index (χ1n) is 9.42. The molecule has 28 heavy (non-hydrogen) atoms. The SMILES string of the molecule is Cc1cccc(OCCCSc2ccc(S(=O)(=O)N3CCN(C)CC3)cn2)c1. The van der Waals surface area contributed by atoms with Crippen LogP contribution in [0.3, 0.4) is 0 Å². The summed E-state index contributed by atoms with van der Waals surface area (Å²) in [6.45, 7) is 5.25. The first-order valence-corrected chi connectivity index (χ1v) is 11.8. The predicted molar refractivity (Wildman–Crippen MR) is 113 cm³/mol. The molecule has 3 rings (SSSR count). The maximum absolute atomic E-state index is 12.7. The lowest BCUT2D eigenvalue weighted by Crippen LogP contribution is -2.47. The van der Waals surface area contributed by atoms with Gasteiger partial charge in [-0.15, -0.1) is 11.8 Å². The van der Waals surface area contributed by atoms with E-state index in [1.807, 2.05) is 38.2 Å². The highest BCUT2D eigenvalue weighted by molar-refractivity contribution is 7.99. The molecule has 0 atom stereocenters.